The van der Waals surface area contributed by atoms with E-state index in [9.17, 15) is 14.4 Å². The van der Waals surface area contributed by atoms with Crippen LogP contribution in [0, 0.1) is 5.92 Å². The van der Waals surface area contributed by atoms with Gasteiger partial charge in [-0.2, -0.15) is 0 Å². The molecule has 0 aliphatic rings. The fraction of sp³-hybridized carbons (Fsp3) is 0.346. The lowest BCUT2D eigenvalue weighted by molar-refractivity contribution is -0.151. The normalized spacial score (nSPS) is 12.4. The summed E-state index contributed by atoms with van der Waals surface area (Å²) in [6.45, 7) is 7.70. The lowest BCUT2D eigenvalue weighted by Gasteiger charge is -2.31. The van der Waals surface area contributed by atoms with Crippen LogP contribution in [-0.4, -0.2) is 42.1 Å². The van der Waals surface area contributed by atoms with Crippen LogP contribution in [0.4, 0.5) is 4.79 Å². The highest BCUT2D eigenvalue weighted by atomic mass is 16.5. The van der Waals surface area contributed by atoms with Gasteiger partial charge in [-0.05, 0) is 23.5 Å². The Kier molecular flexibility index (Phi) is 10.1. The third-order valence-corrected chi connectivity index (χ3v) is 5.04. The highest BCUT2D eigenvalue weighted by Gasteiger charge is 2.34. The van der Waals surface area contributed by atoms with Crippen LogP contribution in [0.25, 0.3) is 0 Å². The Balaban J connectivity index is 2.17. The van der Waals surface area contributed by atoms with Gasteiger partial charge < -0.3 is 19.7 Å². The third kappa shape index (κ3) is 8.11. The molecule has 33 heavy (non-hydrogen) atoms. The summed E-state index contributed by atoms with van der Waals surface area (Å²) in [5, 5.41) is 2.66. The van der Waals surface area contributed by atoms with Crippen molar-refractivity contribution < 1.29 is 23.9 Å². The standard InChI is InChI=1S/C26H32N2O5/c1-5-28(23(25(30)32-4)17-20-12-8-6-9-13-20)24(29)22(16-19(2)3)27-26(31)33-18-21-14-10-7-11-15-21/h5-15,19,22-23H,1,16-18H2,2-4H3,(H,27,31)/t22-,23-/m0/s1. The number of hydrogen-bond donors (Lipinski definition) is 1. The van der Waals surface area contributed by atoms with Crippen molar-refractivity contribution in [3.05, 3.63) is 84.6 Å². The van der Waals surface area contributed by atoms with Gasteiger partial charge in [-0.1, -0.05) is 81.1 Å². The average Bonchev–Trinajstić information content (AvgIpc) is 2.82. The van der Waals surface area contributed by atoms with E-state index in [4.69, 9.17) is 9.47 Å². The molecule has 0 heterocycles. The summed E-state index contributed by atoms with van der Waals surface area (Å²) in [5.41, 5.74) is 1.70. The molecule has 176 valence electrons. The number of alkyl carbamates (subject to hydrolysis) is 1. The Morgan fingerprint density at radius 3 is 2.09 bits per heavy atom. The molecule has 2 atom stereocenters. The Morgan fingerprint density at radius 1 is 1.00 bits per heavy atom. The average molecular weight is 453 g/mol. The number of methoxy groups -OCH3 is 1. The maximum absolute atomic E-state index is 13.4. The maximum atomic E-state index is 13.4. The quantitative estimate of drug-likeness (QED) is 0.519. The fourth-order valence-electron chi connectivity index (χ4n) is 3.42. The van der Waals surface area contributed by atoms with Gasteiger partial charge in [0.25, 0.3) is 0 Å². The molecule has 7 heteroatoms. The number of amides is 2. The molecule has 2 amide bonds. The molecule has 2 aromatic carbocycles. The van der Waals surface area contributed by atoms with E-state index in [0.29, 0.717) is 6.42 Å². The molecular formula is C26H32N2O5. The Labute approximate surface area is 195 Å². The van der Waals surface area contributed by atoms with Gasteiger partial charge in [0.05, 0.1) is 7.11 Å². The molecule has 0 unspecified atom stereocenters. The molecule has 0 radical (unpaired) electrons. The second-order valence-electron chi connectivity index (χ2n) is 8.04. The number of nitrogens with one attached hydrogen (secondary N) is 1. The van der Waals surface area contributed by atoms with Gasteiger partial charge in [-0.25, -0.2) is 9.59 Å². The first-order valence-electron chi connectivity index (χ1n) is 10.9. The SMILES string of the molecule is C=CN(C(=O)[C@H](CC(C)C)NC(=O)OCc1ccccc1)[C@@H](Cc1ccccc1)C(=O)OC. The second kappa shape index (κ2) is 13.1. The van der Waals surface area contributed by atoms with Crippen LogP contribution in [0.3, 0.4) is 0 Å². The first kappa shape index (κ1) is 25.6. The van der Waals surface area contributed by atoms with Gasteiger partial charge in [0.15, 0.2) is 0 Å². The highest BCUT2D eigenvalue weighted by molar-refractivity contribution is 5.90. The van der Waals surface area contributed by atoms with Gasteiger partial charge in [-0.15, -0.1) is 0 Å². The molecular weight excluding hydrogens is 420 g/mol. The number of ether oxygens (including phenoxy) is 2. The van der Waals surface area contributed by atoms with E-state index in [1.165, 1.54) is 18.2 Å². The monoisotopic (exact) mass is 452 g/mol. The Bertz CT molecular complexity index is 915. The lowest BCUT2D eigenvalue weighted by Crippen LogP contribution is -2.53. The smallest absolute Gasteiger partial charge is 0.408 e. The first-order chi connectivity index (χ1) is 15.8. The predicted molar refractivity (Wildman–Crippen MR) is 126 cm³/mol. The summed E-state index contributed by atoms with van der Waals surface area (Å²) in [7, 11) is 1.27. The second-order valence-corrected chi connectivity index (χ2v) is 8.04. The van der Waals surface area contributed by atoms with E-state index < -0.39 is 30.1 Å². The van der Waals surface area contributed by atoms with Crippen LogP contribution in [0.1, 0.15) is 31.4 Å². The van der Waals surface area contributed by atoms with E-state index in [1.54, 1.807) is 0 Å². The number of carbonyl (C=O) groups excluding carboxylic acids is 3. The van der Waals surface area contributed by atoms with Gasteiger partial charge in [0, 0.05) is 12.6 Å². The molecule has 0 spiro atoms. The predicted octanol–water partition coefficient (Wildman–Crippen LogP) is 4.08. The molecule has 0 aliphatic carbocycles. The van der Waals surface area contributed by atoms with Gasteiger partial charge in [0.1, 0.15) is 18.7 Å². The summed E-state index contributed by atoms with van der Waals surface area (Å²) in [4.78, 5) is 39.7. The highest BCUT2D eigenvalue weighted by Crippen LogP contribution is 2.16. The van der Waals surface area contributed by atoms with E-state index in [2.05, 4.69) is 11.9 Å². The minimum atomic E-state index is -0.917. The third-order valence-electron chi connectivity index (χ3n) is 5.04. The van der Waals surface area contributed by atoms with Crippen molar-refractivity contribution in [2.45, 2.75) is 45.4 Å². The van der Waals surface area contributed by atoms with Crippen molar-refractivity contribution in [2.24, 2.45) is 5.92 Å². The molecule has 2 rings (SSSR count). The van der Waals surface area contributed by atoms with E-state index >= 15 is 0 Å². The first-order valence-corrected chi connectivity index (χ1v) is 10.9. The Morgan fingerprint density at radius 2 is 1.58 bits per heavy atom. The van der Waals surface area contributed by atoms with Crippen LogP contribution in [-0.2, 0) is 32.1 Å². The number of esters is 1. The summed E-state index contributed by atoms with van der Waals surface area (Å²) in [6, 6.07) is 16.8. The number of carbonyl (C=O) groups is 3. The van der Waals surface area contributed by atoms with Gasteiger partial charge in [0.2, 0.25) is 5.91 Å². The zero-order valence-corrected chi connectivity index (χ0v) is 19.4. The van der Waals surface area contributed by atoms with E-state index in [1.807, 2.05) is 74.5 Å². The topological polar surface area (TPSA) is 84.9 Å². The van der Waals surface area contributed by atoms with Crippen molar-refractivity contribution in [1.82, 2.24) is 10.2 Å². The summed E-state index contributed by atoms with van der Waals surface area (Å²) in [5.74, 6) is -0.922. The number of benzene rings is 2. The molecule has 0 fully saturated rings. The summed E-state index contributed by atoms with van der Waals surface area (Å²) in [6.07, 6.45) is 1.21. The Hall–Kier alpha value is -3.61. The maximum Gasteiger partial charge on any atom is 0.408 e. The fourth-order valence-corrected chi connectivity index (χ4v) is 3.42. The molecule has 2 aromatic rings. The molecule has 0 saturated carbocycles. The van der Waals surface area contributed by atoms with Crippen molar-refractivity contribution in [1.29, 1.82) is 0 Å². The van der Waals surface area contributed by atoms with Gasteiger partial charge in [-0.3, -0.25) is 4.79 Å². The van der Waals surface area contributed by atoms with Crippen molar-refractivity contribution in [3.8, 4) is 0 Å². The van der Waals surface area contributed by atoms with Crippen molar-refractivity contribution in [3.63, 3.8) is 0 Å². The molecule has 0 bridgehead atoms. The van der Waals surface area contributed by atoms with Crippen LogP contribution in [0.5, 0.6) is 0 Å². The minimum absolute atomic E-state index is 0.0826. The zero-order valence-electron chi connectivity index (χ0n) is 19.4. The van der Waals surface area contributed by atoms with Gasteiger partial charge >= 0.3 is 12.1 Å². The molecule has 0 aromatic heterocycles. The molecule has 7 nitrogen and oxygen atoms in total. The number of nitrogens with zero attached hydrogens (tertiary/aromatic N) is 1. The van der Waals surface area contributed by atoms with E-state index in [-0.39, 0.29) is 18.9 Å². The summed E-state index contributed by atoms with van der Waals surface area (Å²) >= 11 is 0. The van der Waals surface area contributed by atoms with Crippen LogP contribution >= 0.6 is 0 Å². The largest absolute Gasteiger partial charge is 0.467 e. The van der Waals surface area contributed by atoms with Crippen molar-refractivity contribution in [2.75, 3.05) is 7.11 Å². The molecule has 1 N–H and O–H groups in total. The number of rotatable bonds is 11. The van der Waals surface area contributed by atoms with Crippen LogP contribution < -0.4 is 5.32 Å². The minimum Gasteiger partial charge on any atom is -0.467 e. The molecule has 0 saturated heterocycles. The van der Waals surface area contributed by atoms with Crippen LogP contribution in [0.15, 0.2) is 73.4 Å². The zero-order chi connectivity index (χ0) is 24.2. The van der Waals surface area contributed by atoms with Crippen molar-refractivity contribution >= 4 is 18.0 Å². The van der Waals surface area contributed by atoms with E-state index in [0.717, 1.165) is 11.1 Å². The lowest BCUT2D eigenvalue weighted by atomic mass is 10.00. The summed E-state index contributed by atoms with van der Waals surface area (Å²) < 4.78 is 10.2. The molecule has 0 aliphatic heterocycles. The van der Waals surface area contributed by atoms with Crippen LogP contribution in [0.2, 0.25) is 0 Å². The number of hydrogen-bond acceptors (Lipinski definition) is 5.